The molecule has 0 aliphatic carbocycles. The molecule has 1 aromatic carbocycles. The minimum Gasteiger partial charge on any atom is -0.365 e. The predicted molar refractivity (Wildman–Crippen MR) is 123 cm³/mol. The van der Waals surface area contributed by atoms with Gasteiger partial charge in [0.15, 0.2) is 5.82 Å². The second-order valence-corrected chi connectivity index (χ2v) is 8.21. The number of halogens is 1. The number of benzene rings is 1. The van der Waals surface area contributed by atoms with E-state index in [-0.39, 0.29) is 11.4 Å². The van der Waals surface area contributed by atoms with E-state index in [1.807, 2.05) is 36.9 Å². The Balaban J connectivity index is 1.60. The molecule has 1 aliphatic heterocycles. The zero-order chi connectivity index (χ0) is 22.7. The normalized spacial score (nSPS) is 15.5. The molecular weight excluding hydrogens is 409 g/mol. The Labute approximate surface area is 186 Å². The Morgan fingerprint density at radius 3 is 2.53 bits per heavy atom. The topological polar surface area (TPSA) is 101 Å². The van der Waals surface area contributed by atoms with Gasteiger partial charge < -0.3 is 21.3 Å². The van der Waals surface area contributed by atoms with Gasteiger partial charge in [0.25, 0.3) is 5.91 Å². The van der Waals surface area contributed by atoms with Crippen molar-refractivity contribution < 1.29 is 9.18 Å². The molecule has 32 heavy (non-hydrogen) atoms. The van der Waals surface area contributed by atoms with Crippen LogP contribution < -0.4 is 21.3 Å². The molecule has 0 bridgehead atoms. The molecule has 168 valence electrons. The van der Waals surface area contributed by atoms with Gasteiger partial charge in [0.05, 0.1) is 5.54 Å². The number of aryl methyl sites for hydroxylation is 1. The zero-order valence-corrected chi connectivity index (χ0v) is 18.3. The molecule has 3 heterocycles. The predicted octanol–water partition coefficient (Wildman–Crippen LogP) is 2.78. The molecule has 0 radical (unpaired) electrons. The summed E-state index contributed by atoms with van der Waals surface area (Å²) in [6.07, 6.45) is 3.35. The van der Waals surface area contributed by atoms with Gasteiger partial charge in [-0.05, 0) is 63.2 Å². The number of rotatable bonds is 7. The van der Waals surface area contributed by atoms with E-state index in [2.05, 4.69) is 20.5 Å². The highest BCUT2D eigenvalue weighted by molar-refractivity contribution is 5.98. The highest BCUT2D eigenvalue weighted by Gasteiger charge is 2.38. The second kappa shape index (κ2) is 8.96. The fourth-order valence-corrected chi connectivity index (χ4v) is 4.23. The van der Waals surface area contributed by atoms with Gasteiger partial charge >= 0.3 is 0 Å². The maximum Gasteiger partial charge on any atom is 0.254 e. The molecular formula is C23H28FN7O. The van der Waals surface area contributed by atoms with Gasteiger partial charge in [0.2, 0.25) is 0 Å². The summed E-state index contributed by atoms with van der Waals surface area (Å²) in [6.45, 7) is 4.30. The number of nitrogens with zero attached hydrogens (tertiary/aromatic N) is 4. The number of aromatic nitrogens is 3. The van der Waals surface area contributed by atoms with Crippen molar-refractivity contribution in [1.82, 2.24) is 20.1 Å². The summed E-state index contributed by atoms with van der Waals surface area (Å²) in [7, 11) is 1.91. The summed E-state index contributed by atoms with van der Waals surface area (Å²) in [5.41, 5.74) is 7.24. The molecule has 1 amide bonds. The number of carbonyl (C=O) groups is 1. The maximum atomic E-state index is 13.3. The van der Waals surface area contributed by atoms with E-state index in [0.29, 0.717) is 23.6 Å². The van der Waals surface area contributed by atoms with Gasteiger partial charge in [-0.2, -0.15) is 5.10 Å². The molecule has 4 N–H and O–H groups in total. The average molecular weight is 438 g/mol. The third-order valence-electron chi connectivity index (χ3n) is 5.97. The quantitative estimate of drug-likeness (QED) is 0.526. The van der Waals surface area contributed by atoms with Crippen LogP contribution in [0.15, 0.2) is 48.7 Å². The average Bonchev–Trinajstić information content (AvgIpc) is 3.21. The summed E-state index contributed by atoms with van der Waals surface area (Å²) in [6, 6.07) is 11.9. The number of nitrogens with one attached hydrogen (secondary N) is 2. The number of primary amides is 1. The monoisotopic (exact) mass is 437 g/mol. The van der Waals surface area contributed by atoms with Crippen molar-refractivity contribution in [3.63, 3.8) is 0 Å². The Kier molecular flexibility index (Phi) is 6.09. The maximum absolute atomic E-state index is 13.3. The lowest BCUT2D eigenvalue weighted by atomic mass is 9.87. The molecule has 1 saturated heterocycles. The second-order valence-electron chi connectivity index (χ2n) is 8.21. The highest BCUT2D eigenvalue weighted by Crippen LogP contribution is 2.33. The van der Waals surface area contributed by atoms with Crippen LogP contribution in [0.5, 0.6) is 0 Å². The first-order chi connectivity index (χ1) is 15.4. The lowest BCUT2D eigenvalue weighted by Gasteiger charge is -2.42. The van der Waals surface area contributed by atoms with Crippen LogP contribution in [-0.2, 0) is 5.54 Å². The number of anilines is 3. The minimum absolute atomic E-state index is 0.299. The molecule has 0 atom stereocenters. The standard InChI is InChI=1S/C23H28FN7O/c1-16-4-3-5-20(27-16)30-12-10-23(11-13-30,15-26-2)31-14-19(21(25)32)22(29-31)28-18-8-6-17(24)7-9-18/h3-9,14,26H,10-13,15H2,1-2H3,(H2,25,32)(H,28,29). The van der Waals surface area contributed by atoms with Gasteiger partial charge in [0, 0.05) is 37.2 Å². The Bertz CT molecular complexity index is 1090. The van der Waals surface area contributed by atoms with E-state index in [4.69, 9.17) is 10.8 Å². The van der Waals surface area contributed by atoms with E-state index >= 15 is 0 Å². The summed E-state index contributed by atoms with van der Waals surface area (Å²) in [5, 5.41) is 11.1. The van der Waals surface area contributed by atoms with Crippen LogP contribution in [0.1, 0.15) is 28.9 Å². The highest BCUT2D eigenvalue weighted by atomic mass is 19.1. The number of pyridine rings is 1. The van der Waals surface area contributed by atoms with E-state index < -0.39 is 5.91 Å². The largest absolute Gasteiger partial charge is 0.365 e. The Morgan fingerprint density at radius 1 is 1.19 bits per heavy atom. The number of hydrogen-bond donors (Lipinski definition) is 3. The number of piperidine rings is 1. The third kappa shape index (κ3) is 4.43. The van der Waals surface area contributed by atoms with Crippen molar-refractivity contribution in [1.29, 1.82) is 0 Å². The summed E-state index contributed by atoms with van der Waals surface area (Å²) in [4.78, 5) is 19.1. The lowest BCUT2D eigenvalue weighted by Crippen LogP contribution is -2.51. The van der Waals surface area contributed by atoms with Crippen molar-refractivity contribution in [3.05, 3.63) is 65.7 Å². The zero-order valence-electron chi connectivity index (χ0n) is 18.3. The molecule has 3 aromatic rings. The van der Waals surface area contributed by atoms with Crippen LogP contribution in [0.2, 0.25) is 0 Å². The van der Waals surface area contributed by atoms with Crippen molar-refractivity contribution in [2.75, 3.05) is 36.9 Å². The number of nitrogens with two attached hydrogens (primary N) is 1. The van der Waals surface area contributed by atoms with Crippen molar-refractivity contribution in [2.45, 2.75) is 25.3 Å². The smallest absolute Gasteiger partial charge is 0.254 e. The van der Waals surface area contributed by atoms with Crippen molar-refractivity contribution >= 4 is 23.2 Å². The Morgan fingerprint density at radius 2 is 1.91 bits per heavy atom. The molecule has 0 spiro atoms. The minimum atomic E-state index is -0.568. The molecule has 9 heteroatoms. The van der Waals surface area contributed by atoms with Crippen LogP contribution in [0, 0.1) is 12.7 Å². The Hall–Kier alpha value is -3.46. The van der Waals surface area contributed by atoms with Gasteiger partial charge in [-0.3, -0.25) is 9.48 Å². The molecule has 1 aliphatic rings. The first kappa shape index (κ1) is 21.8. The molecule has 2 aromatic heterocycles. The van der Waals surface area contributed by atoms with Crippen LogP contribution in [0.4, 0.5) is 21.7 Å². The summed E-state index contributed by atoms with van der Waals surface area (Å²) in [5.74, 6) is 0.434. The first-order valence-electron chi connectivity index (χ1n) is 10.7. The number of hydrogen-bond acceptors (Lipinski definition) is 6. The van der Waals surface area contributed by atoms with Gasteiger partial charge in [-0.25, -0.2) is 9.37 Å². The van der Waals surface area contributed by atoms with Crippen molar-refractivity contribution in [3.8, 4) is 0 Å². The number of carbonyl (C=O) groups excluding carboxylic acids is 1. The fraction of sp³-hybridized carbons (Fsp3) is 0.348. The van der Waals surface area contributed by atoms with Crippen molar-refractivity contribution in [2.24, 2.45) is 5.73 Å². The third-order valence-corrected chi connectivity index (χ3v) is 5.97. The van der Waals surface area contributed by atoms with Crippen LogP contribution in [0.3, 0.4) is 0 Å². The fourth-order valence-electron chi connectivity index (χ4n) is 4.23. The SMILES string of the molecule is CNCC1(n2cc(C(N)=O)c(Nc3ccc(F)cc3)n2)CCN(c2cccc(C)n2)CC1. The number of likely N-dealkylation sites (N-methyl/N-ethyl adjacent to an activating group) is 1. The van der Waals surface area contributed by atoms with Crippen LogP contribution >= 0.6 is 0 Å². The molecule has 1 fully saturated rings. The van der Waals surface area contributed by atoms with Gasteiger partial charge in [-0.1, -0.05) is 6.07 Å². The first-order valence-corrected chi connectivity index (χ1v) is 10.7. The van der Waals surface area contributed by atoms with Gasteiger partial charge in [0.1, 0.15) is 17.2 Å². The van der Waals surface area contributed by atoms with Gasteiger partial charge in [-0.15, -0.1) is 0 Å². The molecule has 4 rings (SSSR count). The van der Waals surface area contributed by atoms with Crippen LogP contribution in [0.25, 0.3) is 0 Å². The molecule has 8 nitrogen and oxygen atoms in total. The van der Waals surface area contributed by atoms with E-state index in [1.165, 1.54) is 12.1 Å². The summed E-state index contributed by atoms with van der Waals surface area (Å²) < 4.78 is 15.1. The van der Waals surface area contributed by atoms with Crippen LogP contribution in [-0.4, -0.2) is 47.4 Å². The van der Waals surface area contributed by atoms with E-state index in [1.54, 1.807) is 18.3 Å². The molecule has 0 saturated carbocycles. The number of amides is 1. The summed E-state index contributed by atoms with van der Waals surface area (Å²) >= 11 is 0. The lowest BCUT2D eigenvalue weighted by molar-refractivity contribution is 0.100. The molecule has 0 unspecified atom stereocenters. The van der Waals surface area contributed by atoms with E-state index in [9.17, 15) is 9.18 Å². The van der Waals surface area contributed by atoms with E-state index in [0.717, 1.165) is 37.4 Å².